The Balaban J connectivity index is 2.84. The summed E-state index contributed by atoms with van der Waals surface area (Å²) in [5, 5.41) is 11.4. The monoisotopic (exact) mass is 258 g/mol. The SMILES string of the molecule is CC(C)C(CCO)NC(=O)c1ccnc(F)c1F. The third kappa shape index (κ3) is 3.46. The first-order chi connectivity index (χ1) is 8.47. The van der Waals surface area contributed by atoms with Crippen molar-refractivity contribution in [1.82, 2.24) is 10.3 Å². The van der Waals surface area contributed by atoms with Crippen molar-refractivity contribution in [3.63, 3.8) is 0 Å². The number of aliphatic hydroxyl groups excluding tert-OH is 1. The van der Waals surface area contributed by atoms with Crippen LogP contribution in [-0.2, 0) is 0 Å². The van der Waals surface area contributed by atoms with Gasteiger partial charge < -0.3 is 10.4 Å². The number of pyridine rings is 1. The molecule has 2 N–H and O–H groups in total. The van der Waals surface area contributed by atoms with Gasteiger partial charge in [-0.05, 0) is 18.4 Å². The van der Waals surface area contributed by atoms with E-state index in [1.54, 1.807) is 0 Å². The van der Waals surface area contributed by atoms with E-state index in [0.717, 1.165) is 12.3 Å². The normalized spacial score (nSPS) is 12.6. The average Bonchev–Trinajstić information content (AvgIpc) is 2.31. The molecule has 0 bridgehead atoms. The summed E-state index contributed by atoms with van der Waals surface area (Å²) in [6.45, 7) is 3.64. The molecule has 1 unspecified atom stereocenters. The van der Waals surface area contributed by atoms with Crippen molar-refractivity contribution in [3.8, 4) is 0 Å². The first kappa shape index (κ1) is 14.5. The third-order valence-electron chi connectivity index (χ3n) is 2.65. The largest absolute Gasteiger partial charge is 0.396 e. The number of carbonyl (C=O) groups excluding carboxylic acids is 1. The minimum Gasteiger partial charge on any atom is -0.396 e. The Labute approximate surface area is 104 Å². The number of rotatable bonds is 5. The van der Waals surface area contributed by atoms with Crippen molar-refractivity contribution >= 4 is 5.91 Å². The van der Waals surface area contributed by atoms with Crippen LogP contribution in [0.2, 0.25) is 0 Å². The Morgan fingerprint density at radius 1 is 1.50 bits per heavy atom. The highest BCUT2D eigenvalue weighted by Crippen LogP contribution is 2.11. The number of aliphatic hydroxyl groups is 1. The summed E-state index contributed by atoms with van der Waals surface area (Å²) in [5.74, 6) is -3.19. The molecular weight excluding hydrogens is 242 g/mol. The standard InChI is InChI=1S/C12H16F2N2O2/c1-7(2)9(4-6-17)16-12(18)8-3-5-15-11(14)10(8)13/h3,5,7,9,17H,4,6H2,1-2H3,(H,16,18). The number of hydrogen-bond donors (Lipinski definition) is 2. The molecule has 1 aromatic heterocycles. The maximum atomic E-state index is 13.3. The Kier molecular flexibility index (Phi) is 5.15. The van der Waals surface area contributed by atoms with Crippen LogP contribution in [0, 0.1) is 17.7 Å². The zero-order valence-electron chi connectivity index (χ0n) is 10.3. The third-order valence-corrected chi connectivity index (χ3v) is 2.65. The molecule has 0 fully saturated rings. The zero-order valence-corrected chi connectivity index (χ0v) is 10.3. The molecule has 1 aromatic rings. The summed E-state index contributed by atoms with van der Waals surface area (Å²) in [7, 11) is 0. The van der Waals surface area contributed by atoms with E-state index in [9.17, 15) is 13.6 Å². The fraction of sp³-hybridized carbons (Fsp3) is 0.500. The maximum Gasteiger partial charge on any atom is 0.254 e. The van der Waals surface area contributed by atoms with Crippen molar-refractivity contribution in [2.75, 3.05) is 6.61 Å². The van der Waals surface area contributed by atoms with Crippen molar-refractivity contribution in [2.45, 2.75) is 26.3 Å². The van der Waals surface area contributed by atoms with Gasteiger partial charge in [0.2, 0.25) is 5.95 Å². The highest BCUT2D eigenvalue weighted by atomic mass is 19.2. The van der Waals surface area contributed by atoms with Gasteiger partial charge in [0, 0.05) is 18.8 Å². The molecule has 0 aliphatic heterocycles. The Hall–Kier alpha value is -1.56. The quantitative estimate of drug-likeness (QED) is 0.787. The summed E-state index contributed by atoms with van der Waals surface area (Å²) in [6.07, 6.45) is 1.39. The maximum absolute atomic E-state index is 13.3. The minimum atomic E-state index is -1.30. The molecule has 0 aromatic carbocycles. The Morgan fingerprint density at radius 2 is 2.17 bits per heavy atom. The van der Waals surface area contributed by atoms with E-state index in [2.05, 4.69) is 10.3 Å². The van der Waals surface area contributed by atoms with Gasteiger partial charge in [0.1, 0.15) is 0 Å². The van der Waals surface area contributed by atoms with E-state index >= 15 is 0 Å². The molecule has 1 rings (SSSR count). The smallest absolute Gasteiger partial charge is 0.254 e. The first-order valence-electron chi connectivity index (χ1n) is 5.69. The molecular formula is C12H16F2N2O2. The molecule has 4 nitrogen and oxygen atoms in total. The highest BCUT2D eigenvalue weighted by molar-refractivity contribution is 5.94. The lowest BCUT2D eigenvalue weighted by Gasteiger charge is -2.21. The summed E-state index contributed by atoms with van der Waals surface area (Å²) in [4.78, 5) is 14.9. The van der Waals surface area contributed by atoms with E-state index in [4.69, 9.17) is 5.11 Å². The Bertz CT molecular complexity index is 425. The number of amides is 1. The van der Waals surface area contributed by atoms with Crippen molar-refractivity contribution in [2.24, 2.45) is 5.92 Å². The first-order valence-corrected chi connectivity index (χ1v) is 5.69. The number of aromatic nitrogens is 1. The fourth-order valence-electron chi connectivity index (χ4n) is 1.55. The molecule has 0 spiro atoms. The number of nitrogens with zero attached hydrogens (tertiary/aromatic N) is 1. The number of carbonyl (C=O) groups is 1. The lowest BCUT2D eigenvalue weighted by Crippen LogP contribution is -2.39. The van der Waals surface area contributed by atoms with Crippen LogP contribution in [0.15, 0.2) is 12.3 Å². The number of nitrogens with one attached hydrogen (secondary N) is 1. The molecule has 1 amide bonds. The fourth-order valence-corrected chi connectivity index (χ4v) is 1.55. The van der Waals surface area contributed by atoms with Crippen LogP contribution in [0.5, 0.6) is 0 Å². The summed E-state index contributed by atoms with van der Waals surface area (Å²) in [6, 6.07) is 0.822. The molecule has 18 heavy (non-hydrogen) atoms. The second-order valence-electron chi connectivity index (χ2n) is 4.30. The van der Waals surface area contributed by atoms with Gasteiger partial charge in [0.15, 0.2) is 5.82 Å². The van der Waals surface area contributed by atoms with E-state index in [1.807, 2.05) is 13.8 Å². The van der Waals surface area contributed by atoms with Crippen molar-refractivity contribution in [1.29, 1.82) is 0 Å². The van der Waals surface area contributed by atoms with Crippen LogP contribution in [0.1, 0.15) is 30.6 Å². The lowest BCUT2D eigenvalue weighted by molar-refractivity contribution is 0.0911. The van der Waals surface area contributed by atoms with Crippen LogP contribution in [0.4, 0.5) is 8.78 Å². The van der Waals surface area contributed by atoms with Crippen LogP contribution in [0.3, 0.4) is 0 Å². The van der Waals surface area contributed by atoms with Gasteiger partial charge in [0.25, 0.3) is 5.91 Å². The number of halogens is 2. The van der Waals surface area contributed by atoms with Crippen LogP contribution >= 0.6 is 0 Å². The summed E-state index contributed by atoms with van der Waals surface area (Å²) >= 11 is 0. The highest BCUT2D eigenvalue weighted by Gasteiger charge is 2.20. The second kappa shape index (κ2) is 6.39. The van der Waals surface area contributed by atoms with Crippen molar-refractivity contribution < 1.29 is 18.7 Å². The van der Waals surface area contributed by atoms with E-state index in [0.29, 0.717) is 6.42 Å². The number of hydrogen-bond acceptors (Lipinski definition) is 3. The van der Waals surface area contributed by atoms with Gasteiger partial charge in [-0.3, -0.25) is 4.79 Å². The van der Waals surface area contributed by atoms with E-state index in [-0.39, 0.29) is 24.1 Å². The molecule has 0 saturated heterocycles. The van der Waals surface area contributed by atoms with Gasteiger partial charge in [-0.25, -0.2) is 9.37 Å². The average molecular weight is 258 g/mol. The van der Waals surface area contributed by atoms with Gasteiger partial charge in [-0.15, -0.1) is 0 Å². The van der Waals surface area contributed by atoms with Gasteiger partial charge in [-0.1, -0.05) is 13.8 Å². The predicted molar refractivity (Wildman–Crippen MR) is 61.9 cm³/mol. The van der Waals surface area contributed by atoms with Gasteiger partial charge in [0.05, 0.1) is 5.56 Å². The van der Waals surface area contributed by atoms with Crippen LogP contribution in [-0.4, -0.2) is 28.6 Å². The molecule has 1 heterocycles. The lowest BCUT2D eigenvalue weighted by atomic mass is 10.0. The van der Waals surface area contributed by atoms with Crippen LogP contribution in [0.25, 0.3) is 0 Å². The zero-order chi connectivity index (χ0) is 13.7. The van der Waals surface area contributed by atoms with Gasteiger partial charge >= 0.3 is 0 Å². The molecule has 0 saturated carbocycles. The molecule has 0 radical (unpaired) electrons. The van der Waals surface area contributed by atoms with Gasteiger partial charge in [-0.2, -0.15) is 4.39 Å². The summed E-state index contributed by atoms with van der Waals surface area (Å²) < 4.78 is 26.2. The molecule has 6 heteroatoms. The second-order valence-corrected chi connectivity index (χ2v) is 4.30. The Morgan fingerprint density at radius 3 is 2.72 bits per heavy atom. The predicted octanol–water partition coefficient (Wildman–Crippen LogP) is 1.50. The minimum absolute atomic E-state index is 0.0795. The molecule has 0 aliphatic carbocycles. The molecule has 1 atom stereocenters. The summed E-state index contributed by atoms with van der Waals surface area (Å²) in [5.41, 5.74) is -0.383. The molecule has 0 aliphatic rings. The van der Waals surface area contributed by atoms with E-state index in [1.165, 1.54) is 0 Å². The van der Waals surface area contributed by atoms with Crippen molar-refractivity contribution in [3.05, 3.63) is 29.6 Å². The molecule has 100 valence electrons. The van der Waals surface area contributed by atoms with Crippen LogP contribution < -0.4 is 5.32 Å². The topological polar surface area (TPSA) is 62.2 Å². The van der Waals surface area contributed by atoms with E-state index < -0.39 is 17.7 Å².